The second-order valence-corrected chi connectivity index (χ2v) is 10.9. The number of benzene rings is 5. The maximum absolute atomic E-state index is 4.91. The molecule has 5 aromatic carbocycles. The lowest BCUT2D eigenvalue weighted by atomic mass is 9.85. The highest BCUT2D eigenvalue weighted by molar-refractivity contribution is 6.21. The van der Waals surface area contributed by atoms with Crippen LogP contribution in [0.3, 0.4) is 0 Å². The molecule has 8 aromatic rings. The second kappa shape index (κ2) is 11.0. The molecule has 3 nitrogen and oxygen atoms in total. The van der Waals surface area contributed by atoms with Crippen molar-refractivity contribution >= 4 is 21.5 Å². The molecular weight excluding hydrogens is 534 g/mol. The molecule has 3 aromatic heterocycles. The maximum atomic E-state index is 4.91. The Bertz CT molecular complexity index is 2230. The average molecular weight is 562 g/mol. The molecule has 0 radical (unpaired) electrons. The molecule has 0 bridgehead atoms. The molecule has 3 heteroatoms. The lowest BCUT2D eigenvalue weighted by molar-refractivity contribution is 1.28. The van der Waals surface area contributed by atoms with Crippen LogP contribution in [0, 0.1) is 0 Å². The molecule has 0 aliphatic carbocycles. The van der Waals surface area contributed by atoms with E-state index in [1.807, 2.05) is 48.9 Å². The van der Waals surface area contributed by atoms with Crippen LogP contribution in [-0.2, 0) is 0 Å². The van der Waals surface area contributed by atoms with Gasteiger partial charge in [-0.2, -0.15) is 0 Å². The summed E-state index contributed by atoms with van der Waals surface area (Å²) < 4.78 is 0. The molecule has 0 amide bonds. The third-order valence-corrected chi connectivity index (χ3v) is 8.26. The summed E-state index contributed by atoms with van der Waals surface area (Å²) >= 11 is 0. The van der Waals surface area contributed by atoms with Gasteiger partial charge in [0.25, 0.3) is 0 Å². The van der Waals surface area contributed by atoms with E-state index < -0.39 is 0 Å². The standard InChI is InChI=1S/C41H27N3/c1-3-10-28(11-4-1)30-17-20-36-37(24-30)41(33-19-22-39(44-27-33)31-14-9-23-42-25-31)35-16-8-7-15-34(35)40(36)32-18-21-38(43-26-32)29-12-5-2-6-13-29/h1-27H. The van der Waals surface area contributed by atoms with Gasteiger partial charge in [-0.25, -0.2) is 0 Å². The van der Waals surface area contributed by atoms with Crippen LogP contribution in [0.4, 0.5) is 0 Å². The predicted octanol–water partition coefficient (Wildman–Crippen LogP) is 10.5. The summed E-state index contributed by atoms with van der Waals surface area (Å²) in [7, 11) is 0. The number of rotatable bonds is 5. The largest absolute Gasteiger partial charge is 0.264 e. The lowest BCUT2D eigenvalue weighted by Crippen LogP contribution is -1.93. The van der Waals surface area contributed by atoms with Crippen molar-refractivity contribution in [2.24, 2.45) is 0 Å². The molecule has 0 saturated carbocycles. The van der Waals surface area contributed by atoms with Crippen molar-refractivity contribution < 1.29 is 0 Å². The van der Waals surface area contributed by atoms with Crippen molar-refractivity contribution in [2.75, 3.05) is 0 Å². The van der Waals surface area contributed by atoms with Crippen molar-refractivity contribution in [3.63, 3.8) is 0 Å². The normalized spacial score (nSPS) is 11.2. The Morgan fingerprint density at radius 2 is 0.841 bits per heavy atom. The van der Waals surface area contributed by atoms with E-state index in [1.54, 1.807) is 6.20 Å². The first-order valence-electron chi connectivity index (χ1n) is 14.8. The van der Waals surface area contributed by atoms with E-state index in [0.717, 1.165) is 33.6 Å². The van der Waals surface area contributed by atoms with Crippen molar-refractivity contribution in [3.05, 3.63) is 164 Å². The Morgan fingerprint density at radius 3 is 1.43 bits per heavy atom. The summed E-state index contributed by atoms with van der Waals surface area (Å²) in [6.45, 7) is 0. The molecule has 0 aliphatic heterocycles. The third kappa shape index (κ3) is 4.61. The molecule has 0 spiro atoms. The van der Waals surface area contributed by atoms with E-state index in [0.29, 0.717) is 0 Å². The Hall–Kier alpha value is -5.93. The van der Waals surface area contributed by atoms with Gasteiger partial charge in [-0.1, -0.05) is 109 Å². The number of nitrogens with zero attached hydrogens (tertiary/aromatic N) is 3. The van der Waals surface area contributed by atoms with Crippen molar-refractivity contribution in [3.8, 4) is 55.9 Å². The summed E-state index contributed by atoms with van der Waals surface area (Å²) in [4.78, 5) is 14.1. The number of fused-ring (bicyclic) bond motifs is 2. The Labute approximate surface area is 256 Å². The SMILES string of the molecule is c1ccc(-c2ccc3c(-c4ccc(-c5ccccc5)nc4)c4ccccc4c(-c4ccc(-c5cccnc5)nc4)c3c2)cc1. The fourth-order valence-corrected chi connectivity index (χ4v) is 6.16. The maximum Gasteiger partial charge on any atom is 0.0717 e. The minimum absolute atomic E-state index is 0.904. The first-order chi connectivity index (χ1) is 21.8. The number of hydrogen-bond donors (Lipinski definition) is 0. The third-order valence-electron chi connectivity index (χ3n) is 8.26. The van der Waals surface area contributed by atoms with Crippen LogP contribution < -0.4 is 0 Å². The predicted molar refractivity (Wildman–Crippen MR) is 182 cm³/mol. The van der Waals surface area contributed by atoms with Gasteiger partial charge in [0.1, 0.15) is 0 Å². The van der Waals surface area contributed by atoms with Gasteiger partial charge in [-0.3, -0.25) is 15.0 Å². The lowest BCUT2D eigenvalue weighted by Gasteiger charge is -2.19. The van der Waals surface area contributed by atoms with Gasteiger partial charge in [0.2, 0.25) is 0 Å². The second-order valence-electron chi connectivity index (χ2n) is 10.9. The molecule has 8 rings (SSSR count). The molecular formula is C41H27N3. The number of aromatic nitrogens is 3. The first-order valence-corrected chi connectivity index (χ1v) is 14.8. The van der Waals surface area contributed by atoms with Crippen LogP contribution >= 0.6 is 0 Å². The highest BCUT2D eigenvalue weighted by Gasteiger charge is 2.18. The zero-order chi connectivity index (χ0) is 29.3. The van der Waals surface area contributed by atoms with Gasteiger partial charge >= 0.3 is 0 Å². The van der Waals surface area contributed by atoms with Gasteiger partial charge in [0, 0.05) is 47.0 Å². The van der Waals surface area contributed by atoms with E-state index >= 15 is 0 Å². The van der Waals surface area contributed by atoms with Crippen LogP contribution in [0.2, 0.25) is 0 Å². The molecule has 3 heterocycles. The molecule has 0 unspecified atom stereocenters. The van der Waals surface area contributed by atoms with E-state index in [2.05, 4.69) is 114 Å². The molecule has 0 atom stereocenters. The quantitative estimate of drug-likeness (QED) is 0.196. The summed E-state index contributed by atoms with van der Waals surface area (Å²) in [6, 6.07) is 49.0. The molecule has 0 saturated heterocycles. The van der Waals surface area contributed by atoms with Crippen LogP contribution in [0.1, 0.15) is 0 Å². The smallest absolute Gasteiger partial charge is 0.0717 e. The van der Waals surface area contributed by atoms with E-state index in [9.17, 15) is 0 Å². The zero-order valence-corrected chi connectivity index (χ0v) is 23.9. The monoisotopic (exact) mass is 561 g/mol. The highest BCUT2D eigenvalue weighted by Crippen LogP contribution is 2.44. The fourth-order valence-electron chi connectivity index (χ4n) is 6.16. The Kier molecular flexibility index (Phi) is 6.47. The fraction of sp³-hybridized carbons (Fsp3) is 0. The average Bonchev–Trinajstić information content (AvgIpc) is 3.12. The molecule has 0 aliphatic rings. The molecule has 0 fully saturated rings. The van der Waals surface area contributed by atoms with Crippen LogP contribution in [0.15, 0.2) is 164 Å². The summed E-state index contributed by atoms with van der Waals surface area (Å²) in [6.07, 6.45) is 7.64. The van der Waals surface area contributed by atoms with Gasteiger partial charge in [-0.05, 0) is 74.1 Å². The van der Waals surface area contributed by atoms with Crippen LogP contribution in [-0.4, -0.2) is 15.0 Å². The molecule has 206 valence electrons. The Balaban J connectivity index is 1.38. The van der Waals surface area contributed by atoms with E-state index in [1.165, 1.54) is 43.8 Å². The summed E-state index contributed by atoms with van der Waals surface area (Å²) in [5, 5.41) is 4.74. The van der Waals surface area contributed by atoms with Crippen LogP contribution in [0.5, 0.6) is 0 Å². The van der Waals surface area contributed by atoms with Gasteiger partial charge in [0.05, 0.1) is 11.4 Å². The molecule has 44 heavy (non-hydrogen) atoms. The van der Waals surface area contributed by atoms with Crippen molar-refractivity contribution in [1.82, 2.24) is 15.0 Å². The van der Waals surface area contributed by atoms with Crippen molar-refractivity contribution in [1.29, 1.82) is 0 Å². The van der Waals surface area contributed by atoms with Crippen LogP contribution in [0.25, 0.3) is 77.4 Å². The van der Waals surface area contributed by atoms with E-state index in [4.69, 9.17) is 9.97 Å². The zero-order valence-electron chi connectivity index (χ0n) is 23.9. The number of pyridine rings is 3. The molecule has 0 N–H and O–H groups in total. The first kappa shape index (κ1) is 25.8. The van der Waals surface area contributed by atoms with Crippen molar-refractivity contribution in [2.45, 2.75) is 0 Å². The number of hydrogen-bond acceptors (Lipinski definition) is 3. The Morgan fingerprint density at radius 1 is 0.318 bits per heavy atom. The highest BCUT2D eigenvalue weighted by atomic mass is 14.7. The van der Waals surface area contributed by atoms with E-state index in [-0.39, 0.29) is 0 Å². The summed E-state index contributed by atoms with van der Waals surface area (Å²) in [5.41, 5.74) is 10.9. The summed E-state index contributed by atoms with van der Waals surface area (Å²) in [5.74, 6) is 0. The van der Waals surface area contributed by atoms with Gasteiger partial charge < -0.3 is 0 Å². The minimum atomic E-state index is 0.904. The topological polar surface area (TPSA) is 38.7 Å². The van der Waals surface area contributed by atoms with Gasteiger partial charge in [-0.15, -0.1) is 0 Å². The van der Waals surface area contributed by atoms with Gasteiger partial charge in [0.15, 0.2) is 0 Å². The minimum Gasteiger partial charge on any atom is -0.264 e.